The van der Waals surface area contributed by atoms with Crippen LogP contribution >= 0.6 is 11.8 Å². The molecule has 0 amide bonds. The molecule has 0 aliphatic heterocycles. The van der Waals surface area contributed by atoms with Gasteiger partial charge in [0.05, 0.1) is 0 Å². The summed E-state index contributed by atoms with van der Waals surface area (Å²) in [4.78, 5) is 1.40. The van der Waals surface area contributed by atoms with Gasteiger partial charge < -0.3 is 5.32 Å². The molecule has 2 heteroatoms. The van der Waals surface area contributed by atoms with E-state index < -0.39 is 0 Å². The van der Waals surface area contributed by atoms with Gasteiger partial charge in [0.2, 0.25) is 0 Å². The van der Waals surface area contributed by atoms with E-state index in [-0.39, 0.29) is 0 Å². The van der Waals surface area contributed by atoms with Gasteiger partial charge in [-0.05, 0) is 53.9 Å². The number of thioether (sulfide) groups is 1. The van der Waals surface area contributed by atoms with E-state index in [1.54, 1.807) is 0 Å². The van der Waals surface area contributed by atoms with Gasteiger partial charge in [0.15, 0.2) is 0 Å². The number of fused-ring (bicyclic) bond motifs is 2. The van der Waals surface area contributed by atoms with Crippen molar-refractivity contribution in [1.82, 2.24) is 0 Å². The monoisotopic (exact) mass is 289 g/mol. The summed E-state index contributed by atoms with van der Waals surface area (Å²) < 4.78 is 0. The first kappa shape index (κ1) is 14.3. The molecule has 2 saturated carbocycles. The summed E-state index contributed by atoms with van der Waals surface area (Å²) in [7, 11) is 0. The van der Waals surface area contributed by atoms with Crippen LogP contribution in [0.4, 0.5) is 5.69 Å². The Hall–Kier alpha value is -0.630. The van der Waals surface area contributed by atoms with E-state index in [0.717, 1.165) is 11.7 Å². The largest absolute Gasteiger partial charge is 0.380 e. The molecule has 20 heavy (non-hydrogen) atoms. The molecule has 1 N–H and O–H groups in total. The maximum atomic E-state index is 3.94. The smallest absolute Gasteiger partial charge is 0.0480 e. The van der Waals surface area contributed by atoms with E-state index in [2.05, 4.69) is 57.3 Å². The Morgan fingerprint density at radius 3 is 2.65 bits per heavy atom. The molecule has 3 rings (SSSR count). The Bertz CT molecular complexity index is 491. The average molecular weight is 289 g/mol. The van der Waals surface area contributed by atoms with E-state index in [0.29, 0.717) is 16.9 Å². The molecule has 1 aromatic carbocycles. The first-order valence-corrected chi connectivity index (χ1v) is 8.94. The van der Waals surface area contributed by atoms with E-state index in [1.165, 1.54) is 29.8 Å². The molecule has 0 spiro atoms. The lowest BCUT2D eigenvalue weighted by molar-refractivity contribution is 0.155. The Morgan fingerprint density at radius 1 is 1.25 bits per heavy atom. The Kier molecular flexibility index (Phi) is 3.56. The lowest BCUT2D eigenvalue weighted by Crippen LogP contribution is -2.45. The van der Waals surface area contributed by atoms with Gasteiger partial charge in [-0.2, -0.15) is 0 Å². The van der Waals surface area contributed by atoms with Gasteiger partial charge in [-0.3, -0.25) is 0 Å². The molecule has 1 nitrogen and oxygen atoms in total. The van der Waals surface area contributed by atoms with Crippen LogP contribution in [-0.4, -0.2) is 11.8 Å². The van der Waals surface area contributed by atoms with Crippen LogP contribution in [0.2, 0.25) is 0 Å². The van der Waals surface area contributed by atoms with Crippen LogP contribution in [0.1, 0.15) is 47.0 Å². The van der Waals surface area contributed by atoms with Crippen molar-refractivity contribution in [3.63, 3.8) is 0 Å². The minimum absolute atomic E-state index is 0.414. The van der Waals surface area contributed by atoms with Gasteiger partial charge in [0.1, 0.15) is 0 Å². The van der Waals surface area contributed by atoms with Gasteiger partial charge in [-0.25, -0.2) is 0 Å². The quantitative estimate of drug-likeness (QED) is 0.742. The maximum absolute atomic E-state index is 3.94. The summed E-state index contributed by atoms with van der Waals surface area (Å²) >= 11 is 1.94. The molecular formula is C18H27NS. The summed E-state index contributed by atoms with van der Waals surface area (Å²) in [5, 5.41) is 3.94. The molecule has 2 bridgehead atoms. The van der Waals surface area contributed by atoms with Crippen LogP contribution in [0, 0.1) is 16.7 Å². The molecule has 0 saturated heterocycles. The van der Waals surface area contributed by atoms with Crippen LogP contribution in [0.5, 0.6) is 0 Å². The Balaban J connectivity index is 1.88. The second-order valence-electron chi connectivity index (χ2n) is 7.42. The van der Waals surface area contributed by atoms with Crippen molar-refractivity contribution in [2.75, 3.05) is 11.1 Å². The summed E-state index contributed by atoms with van der Waals surface area (Å²) in [6.07, 6.45) is 4.22. The van der Waals surface area contributed by atoms with Crippen molar-refractivity contribution in [3.05, 3.63) is 24.3 Å². The molecule has 3 atom stereocenters. The maximum Gasteiger partial charge on any atom is 0.0480 e. The topological polar surface area (TPSA) is 12.0 Å². The molecule has 2 fully saturated rings. The van der Waals surface area contributed by atoms with E-state index >= 15 is 0 Å². The van der Waals surface area contributed by atoms with Crippen molar-refractivity contribution >= 4 is 17.4 Å². The van der Waals surface area contributed by atoms with Gasteiger partial charge in [-0.15, -0.1) is 11.8 Å². The molecule has 2 aliphatic rings. The summed E-state index contributed by atoms with van der Waals surface area (Å²) in [5.74, 6) is 2.03. The summed E-state index contributed by atoms with van der Waals surface area (Å²) in [5.41, 5.74) is 2.24. The van der Waals surface area contributed by atoms with Crippen molar-refractivity contribution in [2.45, 2.75) is 57.9 Å². The number of nitrogens with one attached hydrogen (secondary N) is 1. The Morgan fingerprint density at radius 2 is 2.00 bits per heavy atom. The van der Waals surface area contributed by atoms with Gasteiger partial charge in [0, 0.05) is 16.6 Å². The third-order valence-electron chi connectivity index (χ3n) is 5.76. The predicted molar refractivity (Wildman–Crippen MR) is 89.5 cm³/mol. The van der Waals surface area contributed by atoms with E-state index in [1.807, 2.05) is 11.8 Å². The number of benzene rings is 1. The minimum atomic E-state index is 0.414. The van der Waals surface area contributed by atoms with Crippen molar-refractivity contribution < 1.29 is 0 Å². The third-order valence-corrected chi connectivity index (χ3v) is 6.71. The fourth-order valence-electron chi connectivity index (χ4n) is 4.69. The standard InChI is InChI=1S/C18H27NS/c1-5-20-15-9-7-6-8-14(15)19-16-17(2,3)13-10-11-18(16,4)12-13/h6-9,13,16,19H,5,10-12H2,1-4H3. The van der Waals surface area contributed by atoms with Crippen molar-refractivity contribution in [2.24, 2.45) is 16.7 Å². The molecule has 0 heterocycles. The molecule has 110 valence electrons. The third kappa shape index (κ3) is 2.16. The second kappa shape index (κ2) is 4.98. The number of anilines is 1. The van der Waals surface area contributed by atoms with E-state index in [9.17, 15) is 0 Å². The average Bonchev–Trinajstić information content (AvgIpc) is 2.88. The molecule has 1 aromatic rings. The second-order valence-corrected chi connectivity index (χ2v) is 8.73. The van der Waals surface area contributed by atoms with Crippen LogP contribution < -0.4 is 5.32 Å². The van der Waals surface area contributed by atoms with Gasteiger partial charge in [-0.1, -0.05) is 39.8 Å². The minimum Gasteiger partial charge on any atom is -0.380 e. The lowest BCUT2D eigenvalue weighted by atomic mass is 9.68. The zero-order valence-corrected chi connectivity index (χ0v) is 14.0. The summed E-state index contributed by atoms with van der Waals surface area (Å²) in [6.45, 7) is 9.66. The highest BCUT2D eigenvalue weighted by Gasteiger charge is 2.59. The zero-order chi connectivity index (χ0) is 14.4. The van der Waals surface area contributed by atoms with Gasteiger partial charge >= 0.3 is 0 Å². The summed E-state index contributed by atoms with van der Waals surface area (Å²) in [6, 6.07) is 9.41. The van der Waals surface area contributed by atoms with Crippen molar-refractivity contribution in [1.29, 1.82) is 0 Å². The number of rotatable bonds is 4. The fraction of sp³-hybridized carbons (Fsp3) is 0.667. The van der Waals surface area contributed by atoms with Gasteiger partial charge in [0.25, 0.3) is 0 Å². The van der Waals surface area contributed by atoms with Crippen LogP contribution in [0.3, 0.4) is 0 Å². The molecule has 0 radical (unpaired) electrons. The highest BCUT2D eigenvalue weighted by atomic mass is 32.2. The van der Waals surface area contributed by atoms with Crippen molar-refractivity contribution in [3.8, 4) is 0 Å². The first-order valence-electron chi connectivity index (χ1n) is 7.96. The zero-order valence-electron chi connectivity index (χ0n) is 13.2. The molecule has 0 aromatic heterocycles. The normalized spacial score (nSPS) is 34.4. The molecule has 2 aliphatic carbocycles. The number of hydrogen-bond acceptors (Lipinski definition) is 2. The van der Waals surface area contributed by atoms with Crippen LogP contribution in [-0.2, 0) is 0 Å². The lowest BCUT2D eigenvalue weighted by Gasteiger charge is -2.44. The Labute approximate surface area is 127 Å². The first-order chi connectivity index (χ1) is 9.47. The highest BCUT2D eigenvalue weighted by Crippen LogP contribution is 2.63. The number of para-hydroxylation sites is 1. The predicted octanol–water partition coefficient (Wildman–Crippen LogP) is 5.43. The highest BCUT2D eigenvalue weighted by molar-refractivity contribution is 7.99. The fourth-order valence-corrected chi connectivity index (χ4v) is 5.45. The molecule has 3 unspecified atom stereocenters. The molecular weight excluding hydrogens is 262 g/mol. The van der Waals surface area contributed by atoms with Crippen LogP contribution in [0.15, 0.2) is 29.2 Å². The van der Waals surface area contributed by atoms with E-state index in [4.69, 9.17) is 0 Å². The SMILES string of the molecule is CCSc1ccccc1NC1C2(C)CCC(C2)C1(C)C. The number of hydrogen-bond donors (Lipinski definition) is 1. The van der Waals surface area contributed by atoms with Crippen LogP contribution in [0.25, 0.3) is 0 Å².